The Morgan fingerprint density at radius 3 is 2.48 bits per heavy atom. The topological polar surface area (TPSA) is 124 Å². The Bertz CT molecular complexity index is 944. The molecule has 8 heteroatoms. The molecule has 2 aromatic rings. The third-order valence-electron chi connectivity index (χ3n) is 4.50. The zero-order chi connectivity index (χ0) is 20.1. The summed E-state index contributed by atoms with van der Waals surface area (Å²) in [6.45, 7) is 5.19. The normalized spacial score (nSPS) is 13.5. The number of aromatic nitrogens is 2. The highest BCUT2D eigenvalue weighted by Crippen LogP contribution is 2.15. The molecule has 1 aromatic heterocycles. The number of aromatic amines is 1. The summed E-state index contributed by atoms with van der Waals surface area (Å²) in [5.41, 5.74) is -0.905. The molecule has 0 aliphatic rings. The Hall–Kier alpha value is -2.90. The first-order valence-corrected chi connectivity index (χ1v) is 9.02. The van der Waals surface area contributed by atoms with E-state index in [4.69, 9.17) is 0 Å². The highest BCUT2D eigenvalue weighted by Gasteiger charge is 2.27. The van der Waals surface area contributed by atoms with Crippen molar-refractivity contribution in [2.75, 3.05) is 0 Å². The molecule has 0 unspecified atom stereocenters. The third-order valence-corrected chi connectivity index (χ3v) is 4.50. The molecule has 146 valence electrons. The molecule has 0 fully saturated rings. The Morgan fingerprint density at radius 2 is 1.89 bits per heavy atom. The van der Waals surface area contributed by atoms with Gasteiger partial charge in [0, 0.05) is 0 Å². The van der Waals surface area contributed by atoms with Crippen LogP contribution in [-0.2, 0) is 9.59 Å². The molecule has 0 saturated carbocycles. The number of unbranched alkanes of at least 4 members (excludes halogenated alkanes) is 1. The van der Waals surface area contributed by atoms with Crippen LogP contribution in [0.3, 0.4) is 0 Å². The maximum Gasteiger partial charge on any atom is 0.329 e. The van der Waals surface area contributed by atoms with Gasteiger partial charge in [0.25, 0.3) is 5.56 Å². The lowest BCUT2D eigenvalue weighted by Crippen LogP contribution is -2.54. The van der Waals surface area contributed by atoms with Crippen molar-refractivity contribution in [1.29, 1.82) is 0 Å². The highest BCUT2D eigenvalue weighted by molar-refractivity contribution is 5.86. The molecule has 0 saturated heterocycles. The molecular formula is C19H24N3O5-. The van der Waals surface area contributed by atoms with Crippen molar-refractivity contribution >= 4 is 22.8 Å². The molecule has 8 nitrogen and oxygen atoms in total. The number of carbonyl (C=O) groups is 2. The quantitative estimate of drug-likeness (QED) is 0.688. The summed E-state index contributed by atoms with van der Waals surface area (Å²) >= 11 is 0. The average molecular weight is 374 g/mol. The van der Waals surface area contributed by atoms with Gasteiger partial charge >= 0.3 is 5.69 Å². The number of para-hydroxylation sites is 1. The Morgan fingerprint density at radius 1 is 1.22 bits per heavy atom. The number of hydrogen-bond acceptors (Lipinski definition) is 5. The molecule has 0 spiro atoms. The molecular weight excluding hydrogens is 350 g/mol. The minimum absolute atomic E-state index is 0.238. The van der Waals surface area contributed by atoms with E-state index in [2.05, 4.69) is 10.3 Å². The zero-order valence-corrected chi connectivity index (χ0v) is 15.7. The average Bonchev–Trinajstić information content (AvgIpc) is 2.61. The summed E-state index contributed by atoms with van der Waals surface area (Å²) in [6.07, 6.45) is 1.58. The molecule has 1 heterocycles. The second-order valence-electron chi connectivity index (χ2n) is 6.86. The molecule has 2 rings (SSSR count). The first-order chi connectivity index (χ1) is 12.8. The van der Waals surface area contributed by atoms with Crippen molar-refractivity contribution in [3.63, 3.8) is 0 Å². The van der Waals surface area contributed by atoms with E-state index in [-0.39, 0.29) is 11.8 Å². The molecule has 1 aromatic carbocycles. The first-order valence-electron chi connectivity index (χ1n) is 9.02. The smallest absolute Gasteiger partial charge is 0.329 e. The highest BCUT2D eigenvalue weighted by atomic mass is 16.4. The first kappa shape index (κ1) is 20.4. The van der Waals surface area contributed by atoms with E-state index in [1.807, 2.05) is 6.92 Å². The van der Waals surface area contributed by atoms with Crippen LogP contribution in [0.2, 0.25) is 0 Å². The number of carboxylic acid groups (broad SMARTS) is 1. The van der Waals surface area contributed by atoms with Crippen LogP contribution in [0.5, 0.6) is 0 Å². The molecule has 2 atom stereocenters. The zero-order valence-electron chi connectivity index (χ0n) is 15.7. The van der Waals surface area contributed by atoms with Crippen LogP contribution < -0.4 is 21.7 Å². The van der Waals surface area contributed by atoms with Crippen molar-refractivity contribution < 1.29 is 14.7 Å². The number of nitrogens with one attached hydrogen (secondary N) is 2. The van der Waals surface area contributed by atoms with Gasteiger partial charge in [-0.05, 0) is 24.5 Å². The van der Waals surface area contributed by atoms with Crippen molar-refractivity contribution in [1.82, 2.24) is 14.9 Å². The predicted molar refractivity (Wildman–Crippen MR) is 99.2 cm³/mol. The van der Waals surface area contributed by atoms with Gasteiger partial charge in [-0.25, -0.2) is 9.36 Å². The molecule has 0 aliphatic carbocycles. The number of carboxylic acids is 1. The summed E-state index contributed by atoms with van der Waals surface area (Å²) in [4.78, 5) is 52.1. The fourth-order valence-corrected chi connectivity index (χ4v) is 2.98. The number of fused-ring (bicyclic) bond motifs is 1. The van der Waals surface area contributed by atoms with Crippen LogP contribution in [-0.4, -0.2) is 27.5 Å². The number of H-pyrrole nitrogens is 1. The fourth-order valence-electron chi connectivity index (χ4n) is 2.98. The number of nitrogens with zero attached hydrogens (tertiary/aromatic N) is 1. The van der Waals surface area contributed by atoms with E-state index in [1.54, 1.807) is 38.1 Å². The van der Waals surface area contributed by atoms with Gasteiger partial charge in [-0.1, -0.05) is 45.7 Å². The monoisotopic (exact) mass is 374 g/mol. The second-order valence-corrected chi connectivity index (χ2v) is 6.86. The number of carbonyl (C=O) groups excluding carboxylic acids is 2. The lowest BCUT2D eigenvalue weighted by Gasteiger charge is -2.26. The minimum atomic E-state index is -1.41. The molecule has 1 amide bonds. The van der Waals surface area contributed by atoms with Crippen LogP contribution in [0.15, 0.2) is 33.9 Å². The van der Waals surface area contributed by atoms with E-state index in [0.29, 0.717) is 11.9 Å². The molecule has 0 radical (unpaired) electrons. The summed E-state index contributed by atoms with van der Waals surface area (Å²) in [6, 6.07) is 4.21. The lowest BCUT2D eigenvalue weighted by atomic mass is 10.0. The van der Waals surface area contributed by atoms with E-state index in [1.165, 1.54) is 0 Å². The van der Waals surface area contributed by atoms with E-state index in [9.17, 15) is 24.3 Å². The summed E-state index contributed by atoms with van der Waals surface area (Å²) in [5, 5.41) is 14.0. The van der Waals surface area contributed by atoms with Gasteiger partial charge in [0.15, 0.2) is 0 Å². The van der Waals surface area contributed by atoms with Crippen LogP contribution in [0.4, 0.5) is 0 Å². The predicted octanol–water partition coefficient (Wildman–Crippen LogP) is 0.312. The van der Waals surface area contributed by atoms with Crippen LogP contribution in [0, 0.1) is 5.92 Å². The molecule has 27 heavy (non-hydrogen) atoms. The van der Waals surface area contributed by atoms with Crippen molar-refractivity contribution in [2.24, 2.45) is 5.92 Å². The minimum Gasteiger partial charge on any atom is -0.548 e. The standard InChI is InChI=1S/C19H25N3O5/c1-4-5-10-14(16(23)21-15(11(2)3)18(25)26)22-17(24)12-8-6-7-9-13(12)20-19(22)27/h6-9,11,14-15H,4-5,10H2,1-3H3,(H,20,27)(H,21,23)(H,25,26)/p-1/t14-,15-/m0/s1. The van der Waals surface area contributed by atoms with Crippen LogP contribution in [0.1, 0.15) is 46.1 Å². The number of amides is 1. The van der Waals surface area contributed by atoms with Crippen LogP contribution in [0.25, 0.3) is 10.9 Å². The summed E-state index contributed by atoms with van der Waals surface area (Å²) in [7, 11) is 0. The lowest BCUT2D eigenvalue weighted by molar-refractivity contribution is -0.309. The van der Waals surface area contributed by atoms with E-state index >= 15 is 0 Å². The third kappa shape index (κ3) is 4.45. The Labute approximate surface area is 156 Å². The van der Waals surface area contributed by atoms with Crippen molar-refractivity contribution in [3.05, 3.63) is 45.1 Å². The van der Waals surface area contributed by atoms with Gasteiger partial charge < -0.3 is 20.2 Å². The largest absolute Gasteiger partial charge is 0.548 e. The van der Waals surface area contributed by atoms with Crippen molar-refractivity contribution in [2.45, 2.75) is 52.1 Å². The van der Waals surface area contributed by atoms with Gasteiger partial charge in [-0.2, -0.15) is 0 Å². The molecule has 0 bridgehead atoms. The van der Waals surface area contributed by atoms with Crippen LogP contribution >= 0.6 is 0 Å². The van der Waals surface area contributed by atoms with Gasteiger partial charge in [-0.15, -0.1) is 0 Å². The SMILES string of the molecule is CCCC[C@@H](C(=O)N[C@H](C(=O)[O-])C(C)C)n1c(=O)[nH]c2ccccc2c1=O. The summed E-state index contributed by atoms with van der Waals surface area (Å²) < 4.78 is 0.875. The van der Waals surface area contributed by atoms with E-state index in [0.717, 1.165) is 11.0 Å². The molecule has 2 N–H and O–H groups in total. The Balaban J connectivity index is 2.52. The van der Waals surface area contributed by atoms with Gasteiger partial charge in [0.05, 0.1) is 22.9 Å². The van der Waals surface area contributed by atoms with Gasteiger partial charge in [0.1, 0.15) is 6.04 Å². The van der Waals surface area contributed by atoms with Gasteiger partial charge in [-0.3, -0.25) is 9.59 Å². The number of benzene rings is 1. The second kappa shape index (κ2) is 8.66. The van der Waals surface area contributed by atoms with Crippen molar-refractivity contribution in [3.8, 4) is 0 Å². The molecule has 0 aliphatic heterocycles. The number of aliphatic carboxylic acids is 1. The van der Waals surface area contributed by atoms with Gasteiger partial charge in [0.2, 0.25) is 5.91 Å². The summed E-state index contributed by atoms with van der Waals surface area (Å²) in [5.74, 6) is -2.50. The van der Waals surface area contributed by atoms with E-state index < -0.39 is 41.1 Å². The number of hydrogen-bond donors (Lipinski definition) is 2. The maximum atomic E-state index is 12.8. The Kier molecular flexibility index (Phi) is 6.55. The number of rotatable bonds is 8. The fraction of sp³-hybridized carbons (Fsp3) is 0.474. The maximum absolute atomic E-state index is 12.8.